The molecule has 0 fully saturated rings. The van der Waals surface area contributed by atoms with E-state index in [-0.39, 0.29) is 30.6 Å². The molecule has 1 aliphatic heterocycles. The number of fused-ring (bicyclic) bond motifs is 1. The van der Waals surface area contributed by atoms with Crippen molar-refractivity contribution in [3.05, 3.63) is 51.7 Å². The van der Waals surface area contributed by atoms with E-state index in [9.17, 15) is 9.59 Å². The van der Waals surface area contributed by atoms with Gasteiger partial charge in [-0.15, -0.1) is 11.3 Å². The van der Waals surface area contributed by atoms with E-state index in [0.717, 1.165) is 17.7 Å². The molecular formula is C25H35N3O3S. The van der Waals surface area contributed by atoms with Crippen molar-refractivity contribution in [3.8, 4) is 5.75 Å². The van der Waals surface area contributed by atoms with E-state index < -0.39 is 0 Å². The highest BCUT2D eigenvalue weighted by molar-refractivity contribution is 7.10. The van der Waals surface area contributed by atoms with Crippen LogP contribution in [0.4, 0.5) is 4.79 Å². The Hall–Kier alpha value is -2.54. The highest BCUT2D eigenvalue weighted by Crippen LogP contribution is 2.34. The molecule has 32 heavy (non-hydrogen) atoms. The molecule has 2 aromatic rings. The van der Waals surface area contributed by atoms with E-state index in [4.69, 9.17) is 4.74 Å². The summed E-state index contributed by atoms with van der Waals surface area (Å²) in [6.07, 6.45) is 0.834. The van der Waals surface area contributed by atoms with Gasteiger partial charge in [0.05, 0.1) is 6.04 Å². The molecule has 6 nitrogen and oxygen atoms in total. The minimum Gasteiger partial charge on any atom is -0.491 e. The van der Waals surface area contributed by atoms with Gasteiger partial charge in [-0.2, -0.15) is 0 Å². The maximum absolute atomic E-state index is 13.3. The van der Waals surface area contributed by atoms with E-state index in [1.54, 1.807) is 16.2 Å². The number of benzene rings is 1. The zero-order valence-electron chi connectivity index (χ0n) is 19.8. The number of amides is 3. The molecule has 1 aromatic heterocycles. The Kier molecular flexibility index (Phi) is 8.18. The number of thiophene rings is 1. The van der Waals surface area contributed by atoms with Crippen molar-refractivity contribution in [2.24, 2.45) is 0 Å². The second-order valence-electron chi connectivity index (χ2n) is 8.74. The molecule has 0 radical (unpaired) electrons. The summed E-state index contributed by atoms with van der Waals surface area (Å²) in [5, 5.41) is 4.89. The quantitative estimate of drug-likeness (QED) is 0.618. The highest BCUT2D eigenvalue weighted by atomic mass is 32.1. The van der Waals surface area contributed by atoms with Crippen LogP contribution < -0.4 is 10.1 Å². The number of nitrogens with zero attached hydrogens (tertiary/aromatic N) is 2. The third kappa shape index (κ3) is 5.63. The number of ether oxygens (including phenoxy) is 1. The first-order valence-corrected chi connectivity index (χ1v) is 12.3. The number of carbonyl (C=O) groups is 2. The molecule has 1 aliphatic rings. The van der Waals surface area contributed by atoms with Crippen LogP contribution >= 0.6 is 11.3 Å². The largest absolute Gasteiger partial charge is 0.491 e. The first-order chi connectivity index (χ1) is 15.3. The highest BCUT2D eigenvalue weighted by Gasteiger charge is 2.34. The van der Waals surface area contributed by atoms with Crippen molar-refractivity contribution >= 4 is 23.3 Å². The summed E-state index contributed by atoms with van der Waals surface area (Å²) in [5.41, 5.74) is 2.42. The van der Waals surface area contributed by atoms with Crippen molar-refractivity contribution in [2.75, 3.05) is 26.2 Å². The Morgan fingerprint density at radius 3 is 2.53 bits per heavy atom. The van der Waals surface area contributed by atoms with E-state index in [1.165, 1.54) is 10.4 Å². The number of rotatable bonds is 8. The second kappa shape index (κ2) is 10.9. The number of hydrogen-bond donors (Lipinski definition) is 1. The number of urea groups is 1. The molecule has 174 valence electrons. The molecule has 3 amide bonds. The van der Waals surface area contributed by atoms with Crippen LogP contribution in [-0.4, -0.2) is 54.0 Å². The van der Waals surface area contributed by atoms with Gasteiger partial charge in [-0.3, -0.25) is 4.79 Å². The molecule has 1 unspecified atom stereocenters. The van der Waals surface area contributed by atoms with Crippen molar-refractivity contribution in [1.82, 2.24) is 15.1 Å². The minimum atomic E-state index is -0.206. The summed E-state index contributed by atoms with van der Waals surface area (Å²) in [6, 6.07) is 9.83. The molecule has 2 heterocycles. The van der Waals surface area contributed by atoms with E-state index in [0.29, 0.717) is 25.6 Å². The Morgan fingerprint density at radius 1 is 1.19 bits per heavy atom. The third-order valence-electron chi connectivity index (χ3n) is 5.89. The second-order valence-corrected chi connectivity index (χ2v) is 9.74. The van der Waals surface area contributed by atoms with Crippen molar-refractivity contribution in [1.29, 1.82) is 0 Å². The number of hydrogen-bond acceptors (Lipinski definition) is 4. The molecule has 0 saturated heterocycles. The molecule has 0 saturated carbocycles. The summed E-state index contributed by atoms with van der Waals surface area (Å²) in [5.74, 6) is 1.22. The molecular weight excluding hydrogens is 422 g/mol. The first-order valence-electron chi connectivity index (χ1n) is 11.4. The topological polar surface area (TPSA) is 61.9 Å². The maximum atomic E-state index is 13.3. The lowest BCUT2D eigenvalue weighted by Gasteiger charge is -2.37. The van der Waals surface area contributed by atoms with Crippen molar-refractivity contribution < 1.29 is 14.3 Å². The monoisotopic (exact) mass is 457 g/mol. The van der Waals surface area contributed by atoms with Gasteiger partial charge in [0.25, 0.3) is 0 Å². The summed E-state index contributed by atoms with van der Waals surface area (Å²) >= 11 is 1.73. The normalized spacial score (nSPS) is 15.6. The lowest BCUT2D eigenvalue weighted by Crippen LogP contribution is -2.51. The van der Waals surface area contributed by atoms with Gasteiger partial charge < -0.3 is 19.9 Å². The Bertz CT molecular complexity index is 907. The summed E-state index contributed by atoms with van der Waals surface area (Å²) < 4.78 is 6.14. The van der Waals surface area contributed by atoms with Gasteiger partial charge in [-0.25, -0.2) is 4.79 Å². The van der Waals surface area contributed by atoms with Gasteiger partial charge in [-0.1, -0.05) is 26.0 Å². The summed E-state index contributed by atoms with van der Waals surface area (Å²) in [6.45, 7) is 11.7. The summed E-state index contributed by atoms with van der Waals surface area (Å²) in [7, 11) is 0. The van der Waals surface area contributed by atoms with Gasteiger partial charge >= 0.3 is 6.03 Å². The average molecular weight is 458 g/mol. The first kappa shape index (κ1) is 24.1. The lowest BCUT2D eigenvalue weighted by molar-refractivity contribution is -0.135. The fourth-order valence-electron chi connectivity index (χ4n) is 3.98. The SMILES string of the molecule is CCNC(=O)N(CC(=O)N1CCc2sccc2C1COc1ccc(C(C)C)cc1)C(C)C. The molecule has 1 aromatic carbocycles. The van der Waals surface area contributed by atoms with Gasteiger partial charge in [-0.05, 0) is 67.8 Å². The predicted molar refractivity (Wildman–Crippen MR) is 129 cm³/mol. The standard InChI is InChI=1S/C25H35N3O3S/c1-6-26-25(30)28(18(4)5)15-24(29)27-13-11-23-21(12-14-32-23)22(27)16-31-20-9-7-19(8-10-20)17(2)3/h7-10,12,14,17-18,22H,6,11,13,15-16H2,1-5H3,(H,26,30). The fraction of sp³-hybridized carbons (Fsp3) is 0.520. The number of carbonyl (C=O) groups excluding carboxylic acids is 2. The Labute approximate surface area is 195 Å². The fourth-order valence-corrected chi connectivity index (χ4v) is 4.91. The van der Waals surface area contributed by atoms with E-state index in [1.807, 2.05) is 37.8 Å². The minimum absolute atomic E-state index is 0.0504. The van der Waals surface area contributed by atoms with Gasteiger partial charge in [0.1, 0.15) is 18.9 Å². The third-order valence-corrected chi connectivity index (χ3v) is 6.88. The molecule has 1 N–H and O–H groups in total. The zero-order chi connectivity index (χ0) is 23.3. The van der Waals surface area contributed by atoms with Crippen LogP contribution in [0, 0.1) is 0 Å². The van der Waals surface area contributed by atoms with Crippen LogP contribution in [0.5, 0.6) is 5.75 Å². The number of nitrogens with one attached hydrogen (secondary N) is 1. The maximum Gasteiger partial charge on any atom is 0.318 e. The van der Waals surface area contributed by atoms with Crippen LogP contribution in [0.25, 0.3) is 0 Å². The van der Waals surface area contributed by atoms with Crippen LogP contribution in [0.15, 0.2) is 35.7 Å². The molecule has 0 aliphatic carbocycles. The van der Waals surface area contributed by atoms with Crippen molar-refractivity contribution in [2.45, 2.75) is 59.0 Å². The Morgan fingerprint density at radius 2 is 1.91 bits per heavy atom. The molecule has 0 spiro atoms. The molecule has 3 rings (SSSR count). The van der Waals surface area contributed by atoms with Crippen LogP contribution in [0.1, 0.15) is 62.6 Å². The van der Waals surface area contributed by atoms with Crippen LogP contribution in [0.3, 0.4) is 0 Å². The summed E-state index contributed by atoms with van der Waals surface area (Å²) in [4.78, 5) is 30.6. The van der Waals surface area contributed by atoms with Crippen LogP contribution in [0.2, 0.25) is 0 Å². The zero-order valence-corrected chi connectivity index (χ0v) is 20.6. The smallest absolute Gasteiger partial charge is 0.318 e. The van der Waals surface area contributed by atoms with Gasteiger partial charge in [0.15, 0.2) is 0 Å². The molecule has 7 heteroatoms. The average Bonchev–Trinajstić information content (AvgIpc) is 3.24. The van der Waals surface area contributed by atoms with Crippen molar-refractivity contribution in [3.63, 3.8) is 0 Å². The Balaban J connectivity index is 1.75. The van der Waals surface area contributed by atoms with E-state index >= 15 is 0 Å². The predicted octanol–water partition coefficient (Wildman–Crippen LogP) is 4.82. The lowest BCUT2D eigenvalue weighted by atomic mass is 10.00. The van der Waals surface area contributed by atoms with Gasteiger partial charge in [0, 0.05) is 24.0 Å². The molecule has 0 bridgehead atoms. The van der Waals surface area contributed by atoms with E-state index in [2.05, 4.69) is 42.7 Å². The van der Waals surface area contributed by atoms with Gasteiger partial charge in [0.2, 0.25) is 5.91 Å². The van der Waals surface area contributed by atoms with Crippen LogP contribution in [-0.2, 0) is 11.2 Å². The molecule has 1 atom stereocenters.